The summed E-state index contributed by atoms with van der Waals surface area (Å²) in [7, 11) is 1.30. The van der Waals surface area contributed by atoms with Gasteiger partial charge in [-0.3, -0.25) is 9.59 Å². The molecule has 21 heavy (non-hydrogen) atoms. The van der Waals surface area contributed by atoms with Gasteiger partial charge in [-0.1, -0.05) is 0 Å². The number of esters is 1. The third-order valence-electron chi connectivity index (χ3n) is 3.38. The Kier molecular flexibility index (Phi) is 4.54. The standard InChI is InChI=1S/C14H17N3O4/c1-21-14(20)9-4-2-8(3-5-9)13(19)17-10-6-11(12(15)18)16-7-10/h2-5,10-11,16H,6-7H2,1H3,(H2,15,18)(H,17,19)/t10-,11+/m1/s1. The van der Waals surface area contributed by atoms with Crippen molar-refractivity contribution >= 4 is 17.8 Å². The molecular weight excluding hydrogens is 274 g/mol. The molecule has 0 radical (unpaired) electrons. The Bertz CT molecular complexity index is 556. The zero-order valence-corrected chi connectivity index (χ0v) is 11.6. The molecule has 2 amide bonds. The highest BCUT2D eigenvalue weighted by Gasteiger charge is 2.28. The maximum atomic E-state index is 12.1. The van der Waals surface area contributed by atoms with Crippen molar-refractivity contribution in [1.82, 2.24) is 10.6 Å². The lowest BCUT2D eigenvalue weighted by Crippen LogP contribution is -2.36. The van der Waals surface area contributed by atoms with E-state index in [1.807, 2.05) is 0 Å². The predicted octanol–water partition coefficient (Wildman–Crippen LogP) is -0.581. The molecule has 0 bridgehead atoms. The summed E-state index contributed by atoms with van der Waals surface area (Å²) in [6, 6.07) is 5.61. The topological polar surface area (TPSA) is 111 Å². The number of hydrogen-bond donors (Lipinski definition) is 3. The van der Waals surface area contributed by atoms with Crippen LogP contribution in [0.25, 0.3) is 0 Å². The molecule has 0 aliphatic carbocycles. The van der Waals surface area contributed by atoms with Gasteiger partial charge in [-0.25, -0.2) is 4.79 Å². The monoisotopic (exact) mass is 291 g/mol. The molecular formula is C14H17N3O4. The average Bonchev–Trinajstić information content (AvgIpc) is 2.95. The fraction of sp³-hybridized carbons (Fsp3) is 0.357. The van der Waals surface area contributed by atoms with Gasteiger partial charge in [0.15, 0.2) is 0 Å². The Morgan fingerprint density at radius 2 is 1.86 bits per heavy atom. The van der Waals surface area contributed by atoms with Gasteiger partial charge in [0.05, 0.1) is 18.7 Å². The fourth-order valence-electron chi connectivity index (χ4n) is 2.21. The first-order valence-corrected chi connectivity index (χ1v) is 6.53. The molecule has 1 aliphatic rings. The van der Waals surface area contributed by atoms with Gasteiger partial charge in [0.2, 0.25) is 5.91 Å². The van der Waals surface area contributed by atoms with Crippen molar-refractivity contribution in [2.24, 2.45) is 5.73 Å². The number of nitrogens with one attached hydrogen (secondary N) is 2. The van der Waals surface area contributed by atoms with Crippen molar-refractivity contribution < 1.29 is 19.1 Å². The Morgan fingerprint density at radius 3 is 2.38 bits per heavy atom. The van der Waals surface area contributed by atoms with E-state index in [1.54, 1.807) is 12.1 Å². The third kappa shape index (κ3) is 3.57. The lowest BCUT2D eigenvalue weighted by Gasteiger charge is -2.11. The number of primary amides is 1. The number of carbonyl (C=O) groups is 3. The molecule has 1 aromatic rings. The number of ether oxygens (including phenoxy) is 1. The van der Waals surface area contributed by atoms with Crippen LogP contribution in [0.3, 0.4) is 0 Å². The summed E-state index contributed by atoms with van der Waals surface area (Å²) in [4.78, 5) is 34.4. The van der Waals surface area contributed by atoms with E-state index >= 15 is 0 Å². The molecule has 1 fully saturated rings. The van der Waals surface area contributed by atoms with Crippen LogP contribution in [0.15, 0.2) is 24.3 Å². The van der Waals surface area contributed by atoms with Crippen LogP contribution in [-0.4, -0.2) is 43.5 Å². The number of methoxy groups -OCH3 is 1. The smallest absolute Gasteiger partial charge is 0.337 e. The average molecular weight is 291 g/mol. The second-order valence-corrected chi connectivity index (χ2v) is 4.84. The molecule has 2 atom stereocenters. The summed E-state index contributed by atoms with van der Waals surface area (Å²) in [6.07, 6.45) is 0.474. The maximum absolute atomic E-state index is 12.1. The van der Waals surface area contributed by atoms with E-state index < -0.39 is 17.9 Å². The molecule has 7 nitrogen and oxygen atoms in total. The summed E-state index contributed by atoms with van der Waals surface area (Å²) in [5, 5.41) is 5.76. The molecule has 1 heterocycles. The van der Waals surface area contributed by atoms with Crippen molar-refractivity contribution in [2.75, 3.05) is 13.7 Å². The molecule has 2 rings (SSSR count). The van der Waals surface area contributed by atoms with Crippen LogP contribution < -0.4 is 16.4 Å². The summed E-state index contributed by atoms with van der Waals surface area (Å²) in [5.74, 6) is -1.14. The minimum Gasteiger partial charge on any atom is -0.465 e. The van der Waals surface area contributed by atoms with Crippen LogP contribution >= 0.6 is 0 Å². The van der Waals surface area contributed by atoms with Gasteiger partial charge in [-0.05, 0) is 30.7 Å². The van der Waals surface area contributed by atoms with Gasteiger partial charge in [-0.2, -0.15) is 0 Å². The number of carbonyl (C=O) groups excluding carboxylic acids is 3. The molecule has 0 saturated carbocycles. The lowest BCUT2D eigenvalue weighted by atomic mass is 10.1. The highest BCUT2D eigenvalue weighted by Crippen LogP contribution is 2.09. The van der Waals surface area contributed by atoms with E-state index in [2.05, 4.69) is 15.4 Å². The molecule has 7 heteroatoms. The van der Waals surface area contributed by atoms with Crippen molar-refractivity contribution in [1.29, 1.82) is 0 Å². The Labute approximate surface area is 121 Å². The van der Waals surface area contributed by atoms with E-state index in [-0.39, 0.29) is 11.9 Å². The SMILES string of the molecule is COC(=O)c1ccc(C(=O)N[C@H]2CN[C@H](C(N)=O)C2)cc1. The molecule has 0 aromatic heterocycles. The van der Waals surface area contributed by atoms with Crippen LogP contribution in [0.1, 0.15) is 27.1 Å². The second kappa shape index (κ2) is 6.36. The van der Waals surface area contributed by atoms with Gasteiger partial charge >= 0.3 is 5.97 Å². The number of rotatable bonds is 4. The van der Waals surface area contributed by atoms with Gasteiger partial charge < -0.3 is 21.1 Å². The quantitative estimate of drug-likeness (QED) is 0.643. The van der Waals surface area contributed by atoms with E-state index in [9.17, 15) is 14.4 Å². The zero-order valence-electron chi connectivity index (χ0n) is 11.6. The normalized spacial score (nSPS) is 20.8. The van der Waals surface area contributed by atoms with Crippen molar-refractivity contribution in [3.05, 3.63) is 35.4 Å². The van der Waals surface area contributed by atoms with Gasteiger partial charge in [0, 0.05) is 18.2 Å². The number of hydrogen-bond acceptors (Lipinski definition) is 5. The highest BCUT2D eigenvalue weighted by molar-refractivity contribution is 5.96. The van der Waals surface area contributed by atoms with Crippen LogP contribution in [0, 0.1) is 0 Å². The summed E-state index contributed by atoms with van der Waals surface area (Å²) in [6.45, 7) is 0.500. The molecule has 1 aliphatic heterocycles. The fourth-order valence-corrected chi connectivity index (χ4v) is 2.21. The van der Waals surface area contributed by atoms with Crippen LogP contribution in [0.5, 0.6) is 0 Å². The van der Waals surface area contributed by atoms with Crippen molar-refractivity contribution in [3.63, 3.8) is 0 Å². The summed E-state index contributed by atoms with van der Waals surface area (Å²) < 4.78 is 4.59. The minimum absolute atomic E-state index is 0.143. The largest absolute Gasteiger partial charge is 0.465 e. The number of benzene rings is 1. The van der Waals surface area contributed by atoms with Crippen LogP contribution in [0.4, 0.5) is 0 Å². The first kappa shape index (κ1) is 15.0. The minimum atomic E-state index is -0.453. The summed E-state index contributed by atoms with van der Waals surface area (Å²) in [5.41, 5.74) is 6.02. The van der Waals surface area contributed by atoms with Crippen LogP contribution in [-0.2, 0) is 9.53 Å². The maximum Gasteiger partial charge on any atom is 0.337 e. The molecule has 4 N–H and O–H groups in total. The Balaban J connectivity index is 1.95. The third-order valence-corrected chi connectivity index (χ3v) is 3.38. The molecule has 0 unspecified atom stereocenters. The van der Waals surface area contributed by atoms with E-state index in [0.29, 0.717) is 24.1 Å². The zero-order chi connectivity index (χ0) is 15.4. The number of nitrogens with two attached hydrogens (primary N) is 1. The van der Waals surface area contributed by atoms with Gasteiger partial charge in [0.25, 0.3) is 5.91 Å². The van der Waals surface area contributed by atoms with Crippen molar-refractivity contribution in [3.8, 4) is 0 Å². The van der Waals surface area contributed by atoms with Gasteiger partial charge in [0.1, 0.15) is 0 Å². The van der Waals surface area contributed by atoms with E-state index in [4.69, 9.17) is 5.73 Å². The summed E-state index contributed by atoms with van der Waals surface area (Å²) >= 11 is 0. The molecule has 1 saturated heterocycles. The Hall–Kier alpha value is -2.41. The number of amides is 2. The van der Waals surface area contributed by atoms with E-state index in [0.717, 1.165) is 0 Å². The first-order valence-electron chi connectivity index (χ1n) is 6.53. The van der Waals surface area contributed by atoms with Gasteiger partial charge in [-0.15, -0.1) is 0 Å². The molecule has 0 spiro atoms. The second-order valence-electron chi connectivity index (χ2n) is 4.84. The molecule has 112 valence electrons. The molecule has 1 aromatic carbocycles. The van der Waals surface area contributed by atoms with Crippen molar-refractivity contribution in [2.45, 2.75) is 18.5 Å². The van der Waals surface area contributed by atoms with Crippen LogP contribution in [0.2, 0.25) is 0 Å². The first-order chi connectivity index (χ1) is 10.0. The Morgan fingerprint density at radius 1 is 1.24 bits per heavy atom. The predicted molar refractivity (Wildman–Crippen MR) is 74.6 cm³/mol. The lowest BCUT2D eigenvalue weighted by molar-refractivity contribution is -0.119. The highest BCUT2D eigenvalue weighted by atomic mass is 16.5. The van der Waals surface area contributed by atoms with E-state index in [1.165, 1.54) is 19.2 Å².